The number of terminal acetylenes is 1. The molecule has 0 aromatic rings. The zero-order chi connectivity index (χ0) is 8.04. The van der Waals surface area contributed by atoms with Crippen LogP contribution in [-0.4, -0.2) is 19.5 Å². The SMILES string of the molecule is C#CCCCCP(C)(C)=O. The normalized spacial score (nSPS) is 10.9. The molecule has 2 heteroatoms. The summed E-state index contributed by atoms with van der Waals surface area (Å²) in [5.74, 6) is 2.56. The summed E-state index contributed by atoms with van der Waals surface area (Å²) in [6.45, 7) is 3.64. The lowest BCUT2D eigenvalue weighted by molar-refractivity contribution is 0.580. The van der Waals surface area contributed by atoms with E-state index in [1.54, 1.807) is 0 Å². The van der Waals surface area contributed by atoms with Gasteiger partial charge in [0.2, 0.25) is 0 Å². The van der Waals surface area contributed by atoms with Gasteiger partial charge in [-0.25, -0.2) is 0 Å². The summed E-state index contributed by atoms with van der Waals surface area (Å²) in [5, 5.41) is 0. The Balaban J connectivity index is 3.23. The Morgan fingerprint density at radius 1 is 1.40 bits per heavy atom. The smallest absolute Gasteiger partial charge is 0.0819 e. The van der Waals surface area contributed by atoms with Crippen LogP contribution < -0.4 is 0 Å². The Bertz CT molecular complexity index is 161. The van der Waals surface area contributed by atoms with Crippen molar-refractivity contribution < 1.29 is 4.57 Å². The highest BCUT2D eigenvalue weighted by molar-refractivity contribution is 7.62. The number of rotatable bonds is 4. The predicted molar refractivity (Wildman–Crippen MR) is 47.0 cm³/mol. The van der Waals surface area contributed by atoms with Crippen molar-refractivity contribution in [3.8, 4) is 12.3 Å². The van der Waals surface area contributed by atoms with Crippen LogP contribution in [0.5, 0.6) is 0 Å². The summed E-state index contributed by atoms with van der Waals surface area (Å²) in [6.07, 6.45) is 8.75. The minimum atomic E-state index is -1.77. The lowest BCUT2D eigenvalue weighted by atomic mass is 10.3. The van der Waals surface area contributed by atoms with Crippen LogP contribution in [0.25, 0.3) is 0 Å². The standard InChI is InChI=1S/C8H15OP/c1-4-5-6-7-8-10(2,3)9/h1H,5-8H2,2-3H3. The van der Waals surface area contributed by atoms with Gasteiger partial charge in [0, 0.05) is 12.6 Å². The third kappa shape index (κ3) is 7.79. The van der Waals surface area contributed by atoms with Gasteiger partial charge >= 0.3 is 0 Å². The van der Waals surface area contributed by atoms with Crippen molar-refractivity contribution in [2.45, 2.75) is 19.3 Å². The second kappa shape index (κ2) is 4.58. The molecule has 0 fully saturated rings. The highest BCUT2D eigenvalue weighted by Gasteiger charge is 2.04. The molecule has 0 aliphatic heterocycles. The van der Waals surface area contributed by atoms with Gasteiger partial charge in [-0.15, -0.1) is 12.3 Å². The van der Waals surface area contributed by atoms with E-state index in [0.717, 1.165) is 25.4 Å². The van der Waals surface area contributed by atoms with Crippen molar-refractivity contribution in [2.24, 2.45) is 0 Å². The van der Waals surface area contributed by atoms with E-state index in [9.17, 15) is 4.57 Å². The first-order valence-electron chi connectivity index (χ1n) is 3.54. The molecule has 1 nitrogen and oxygen atoms in total. The summed E-state index contributed by atoms with van der Waals surface area (Å²) >= 11 is 0. The van der Waals surface area contributed by atoms with Crippen LogP contribution in [0.4, 0.5) is 0 Å². The maximum absolute atomic E-state index is 11.1. The van der Waals surface area contributed by atoms with Crippen molar-refractivity contribution >= 4 is 7.14 Å². The van der Waals surface area contributed by atoms with Gasteiger partial charge in [0.15, 0.2) is 0 Å². The molecule has 0 aromatic carbocycles. The zero-order valence-electron chi connectivity index (χ0n) is 6.76. The summed E-state index contributed by atoms with van der Waals surface area (Å²) in [7, 11) is -1.77. The van der Waals surface area contributed by atoms with Crippen molar-refractivity contribution in [1.29, 1.82) is 0 Å². The molecule has 58 valence electrons. The average Bonchev–Trinajstić information content (AvgIpc) is 1.78. The van der Waals surface area contributed by atoms with E-state index in [2.05, 4.69) is 5.92 Å². The first-order valence-corrected chi connectivity index (χ1v) is 6.32. The minimum Gasteiger partial charge on any atom is -0.324 e. The number of hydrogen-bond acceptors (Lipinski definition) is 1. The lowest BCUT2D eigenvalue weighted by Crippen LogP contribution is -1.85. The van der Waals surface area contributed by atoms with Crippen LogP contribution in [0.3, 0.4) is 0 Å². The third-order valence-electron chi connectivity index (χ3n) is 1.27. The fourth-order valence-corrected chi connectivity index (χ4v) is 1.70. The summed E-state index contributed by atoms with van der Waals surface area (Å²) in [5.41, 5.74) is 0. The highest BCUT2D eigenvalue weighted by atomic mass is 31.2. The molecule has 0 aliphatic rings. The maximum atomic E-state index is 11.1. The molecule has 0 atom stereocenters. The molecule has 0 saturated heterocycles. The molecule has 0 rings (SSSR count). The molecule has 0 spiro atoms. The summed E-state index contributed by atoms with van der Waals surface area (Å²) in [6, 6.07) is 0. The van der Waals surface area contributed by atoms with Gasteiger partial charge in [-0.1, -0.05) is 0 Å². The van der Waals surface area contributed by atoms with Crippen LogP contribution in [0.2, 0.25) is 0 Å². The van der Waals surface area contributed by atoms with Crippen LogP contribution in [0.15, 0.2) is 0 Å². The van der Waals surface area contributed by atoms with Crippen LogP contribution in [0, 0.1) is 12.3 Å². The fraction of sp³-hybridized carbons (Fsp3) is 0.750. The van der Waals surface area contributed by atoms with Gasteiger partial charge in [0.1, 0.15) is 0 Å². The molecule has 0 unspecified atom stereocenters. The van der Waals surface area contributed by atoms with Crippen LogP contribution in [0.1, 0.15) is 19.3 Å². The van der Waals surface area contributed by atoms with Crippen molar-refractivity contribution in [1.82, 2.24) is 0 Å². The molecule has 0 radical (unpaired) electrons. The molecule has 0 N–H and O–H groups in total. The first kappa shape index (κ1) is 9.79. The van der Waals surface area contributed by atoms with E-state index < -0.39 is 7.14 Å². The van der Waals surface area contributed by atoms with Gasteiger partial charge in [-0.2, -0.15) is 0 Å². The Hall–Kier alpha value is -0.210. The zero-order valence-corrected chi connectivity index (χ0v) is 7.66. The van der Waals surface area contributed by atoms with Gasteiger partial charge in [-0.3, -0.25) is 0 Å². The van der Waals surface area contributed by atoms with E-state index >= 15 is 0 Å². The predicted octanol–water partition coefficient (Wildman–Crippen LogP) is 2.41. The Morgan fingerprint density at radius 2 is 2.00 bits per heavy atom. The van der Waals surface area contributed by atoms with Crippen molar-refractivity contribution in [3.05, 3.63) is 0 Å². The van der Waals surface area contributed by atoms with Gasteiger partial charge in [0.25, 0.3) is 0 Å². The third-order valence-corrected chi connectivity index (χ3v) is 2.66. The summed E-state index contributed by atoms with van der Waals surface area (Å²) < 4.78 is 11.1. The number of unbranched alkanes of at least 4 members (excludes halogenated alkanes) is 2. The quantitative estimate of drug-likeness (QED) is 0.349. The topological polar surface area (TPSA) is 17.1 Å². The Kier molecular flexibility index (Phi) is 4.49. The van der Waals surface area contributed by atoms with Gasteiger partial charge < -0.3 is 4.57 Å². The lowest BCUT2D eigenvalue weighted by Gasteiger charge is -2.03. The molecule has 0 saturated carbocycles. The second-order valence-corrected chi connectivity index (χ2v) is 6.55. The largest absolute Gasteiger partial charge is 0.324 e. The second-order valence-electron chi connectivity index (χ2n) is 2.96. The van der Waals surface area contributed by atoms with Crippen LogP contribution in [-0.2, 0) is 4.57 Å². The van der Waals surface area contributed by atoms with E-state index in [0.29, 0.717) is 0 Å². The minimum absolute atomic E-state index is 0.819. The average molecular weight is 158 g/mol. The summed E-state index contributed by atoms with van der Waals surface area (Å²) in [4.78, 5) is 0. The molecule has 0 aromatic heterocycles. The van der Waals surface area contributed by atoms with Crippen molar-refractivity contribution in [3.63, 3.8) is 0 Å². The van der Waals surface area contributed by atoms with Crippen LogP contribution >= 0.6 is 7.14 Å². The van der Waals surface area contributed by atoms with Crippen molar-refractivity contribution in [2.75, 3.05) is 19.5 Å². The molecule has 0 aliphatic carbocycles. The fourth-order valence-electron chi connectivity index (χ4n) is 0.720. The molecule has 10 heavy (non-hydrogen) atoms. The van der Waals surface area contributed by atoms with E-state index in [-0.39, 0.29) is 0 Å². The molecular formula is C8H15OP. The molecule has 0 heterocycles. The van der Waals surface area contributed by atoms with E-state index in [4.69, 9.17) is 6.42 Å². The Labute approximate surface area is 63.6 Å². The highest BCUT2D eigenvalue weighted by Crippen LogP contribution is 2.36. The maximum Gasteiger partial charge on any atom is 0.0819 e. The molecular weight excluding hydrogens is 143 g/mol. The van der Waals surface area contributed by atoms with Gasteiger partial charge in [0.05, 0.1) is 7.14 Å². The molecule has 0 bridgehead atoms. The van der Waals surface area contributed by atoms with E-state index in [1.165, 1.54) is 0 Å². The van der Waals surface area contributed by atoms with Gasteiger partial charge in [-0.05, 0) is 26.2 Å². The first-order chi connectivity index (χ1) is 4.56. The molecule has 0 amide bonds. The van der Waals surface area contributed by atoms with E-state index in [1.807, 2.05) is 13.3 Å². The monoisotopic (exact) mass is 158 g/mol. The Morgan fingerprint density at radius 3 is 2.40 bits per heavy atom. The number of hydrogen-bond donors (Lipinski definition) is 0.